The standard InChI is InChI=1S/C62H41N5O/c1-62(2)52-26-12-11-25-48(52)50-34-45(28-30-53(50)62)55-37-54(63-58(64-55)38-15-5-3-6-16-38)44-23-13-21-40(31-44)41-22-14-24-46(32-41)60-65-59(39-17-7-4-8-18-39)66-61(67-60)47-27-29-49-51-33-42-19-9-10-20-43(42)35-57(51)68-56(49)36-47/h3-37H,1-2H3. The molecule has 0 atom stereocenters. The van der Waals surface area contributed by atoms with Crippen LogP contribution in [0, 0.1) is 0 Å². The molecule has 3 aromatic heterocycles. The fraction of sp³-hybridized carbons (Fsp3) is 0.0484. The number of hydrogen-bond donors (Lipinski definition) is 0. The van der Waals surface area contributed by atoms with Crippen molar-refractivity contribution in [3.63, 3.8) is 0 Å². The number of rotatable bonds is 7. The van der Waals surface area contributed by atoms with Crippen LogP contribution in [0.1, 0.15) is 25.0 Å². The SMILES string of the molecule is CC1(C)c2ccccc2-c2cc(-c3cc(-c4cccc(-c5cccc(-c6nc(-c7ccccc7)nc(-c7ccc8c(c7)oc7cc9ccccc9cc78)n6)c5)c4)nc(-c4ccccc4)n3)ccc21. The molecule has 9 aromatic carbocycles. The second-order valence-electron chi connectivity index (χ2n) is 18.1. The predicted octanol–water partition coefficient (Wildman–Crippen LogP) is 15.7. The fourth-order valence-electron chi connectivity index (χ4n) is 9.99. The molecule has 1 aliphatic carbocycles. The van der Waals surface area contributed by atoms with Gasteiger partial charge in [0.1, 0.15) is 11.2 Å². The second-order valence-corrected chi connectivity index (χ2v) is 18.1. The maximum atomic E-state index is 6.47. The monoisotopic (exact) mass is 871 g/mol. The highest BCUT2D eigenvalue weighted by atomic mass is 16.3. The summed E-state index contributed by atoms with van der Waals surface area (Å²) in [6.07, 6.45) is 0. The Labute approximate surface area is 393 Å². The van der Waals surface area contributed by atoms with Gasteiger partial charge in [-0.1, -0.05) is 178 Å². The summed E-state index contributed by atoms with van der Waals surface area (Å²) in [5.41, 5.74) is 16.2. The molecule has 0 unspecified atom stereocenters. The van der Waals surface area contributed by atoms with E-state index in [0.717, 1.165) is 83.2 Å². The fourth-order valence-corrected chi connectivity index (χ4v) is 9.99. The number of aromatic nitrogens is 5. The van der Waals surface area contributed by atoms with Gasteiger partial charge in [-0.15, -0.1) is 0 Å². The molecule has 320 valence electrons. The van der Waals surface area contributed by atoms with Crippen LogP contribution in [0.5, 0.6) is 0 Å². The van der Waals surface area contributed by atoms with Gasteiger partial charge in [0.25, 0.3) is 0 Å². The van der Waals surface area contributed by atoms with E-state index in [1.54, 1.807) is 0 Å². The number of benzene rings is 9. The average molecular weight is 872 g/mol. The Balaban J connectivity index is 0.891. The molecule has 12 aromatic rings. The van der Waals surface area contributed by atoms with E-state index in [2.05, 4.69) is 172 Å². The Bertz CT molecular complexity index is 3950. The number of hydrogen-bond acceptors (Lipinski definition) is 6. The first-order valence-corrected chi connectivity index (χ1v) is 23.0. The number of nitrogens with zero attached hydrogens (tertiary/aromatic N) is 5. The van der Waals surface area contributed by atoms with Gasteiger partial charge in [-0.05, 0) is 92.7 Å². The minimum absolute atomic E-state index is 0.0775. The van der Waals surface area contributed by atoms with Gasteiger partial charge in [0.2, 0.25) is 0 Å². The van der Waals surface area contributed by atoms with Crippen molar-refractivity contribution >= 4 is 32.7 Å². The van der Waals surface area contributed by atoms with Gasteiger partial charge >= 0.3 is 0 Å². The summed E-state index contributed by atoms with van der Waals surface area (Å²) in [6.45, 7) is 4.62. The Kier molecular flexibility index (Phi) is 9.08. The van der Waals surface area contributed by atoms with Crippen LogP contribution in [0.2, 0.25) is 0 Å². The van der Waals surface area contributed by atoms with Crippen molar-refractivity contribution < 1.29 is 4.42 Å². The van der Waals surface area contributed by atoms with E-state index in [-0.39, 0.29) is 5.41 Å². The molecule has 0 fully saturated rings. The van der Waals surface area contributed by atoms with Crippen LogP contribution in [0.15, 0.2) is 217 Å². The molecule has 3 heterocycles. The van der Waals surface area contributed by atoms with Gasteiger partial charge in [0.05, 0.1) is 11.4 Å². The Morgan fingerprint density at radius 2 is 0.794 bits per heavy atom. The molecule has 0 radical (unpaired) electrons. The lowest BCUT2D eigenvalue weighted by atomic mass is 9.82. The van der Waals surface area contributed by atoms with Crippen LogP contribution in [0.3, 0.4) is 0 Å². The van der Waals surface area contributed by atoms with Gasteiger partial charge in [-0.3, -0.25) is 0 Å². The van der Waals surface area contributed by atoms with Gasteiger partial charge in [0.15, 0.2) is 23.3 Å². The van der Waals surface area contributed by atoms with Crippen LogP contribution >= 0.6 is 0 Å². The summed E-state index contributed by atoms with van der Waals surface area (Å²) in [4.78, 5) is 25.7. The largest absolute Gasteiger partial charge is 0.456 e. The van der Waals surface area contributed by atoms with Crippen molar-refractivity contribution in [3.8, 4) is 90.3 Å². The summed E-state index contributed by atoms with van der Waals surface area (Å²) in [6, 6.07) is 73.9. The summed E-state index contributed by atoms with van der Waals surface area (Å²) >= 11 is 0. The van der Waals surface area contributed by atoms with E-state index < -0.39 is 0 Å². The third-order valence-corrected chi connectivity index (χ3v) is 13.5. The van der Waals surface area contributed by atoms with E-state index in [4.69, 9.17) is 29.3 Å². The Morgan fingerprint density at radius 1 is 0.309 bits per heavy atom. The Morgan fingerprint density at radius 3 is 1.50 bits per heavy atom. The van der Waals surface area contributed by atoms with E-state index in [0.29, 0.717) is 23.3 Å². The third-order valence-electron chi connectivity index (χ3n) is 13.5. The van der Waals surface area contributed by atoms with Crippen molar-refractivity contribution in [1.82, 2.24) is 24.9 Å². The molecule has 0 amide bonds. The molecule has 0 aliphatic heterocycles. The lowest BCUT2D eigenvalue weighted by Gasteiger charge is -2.21. The minimum Gasteiger partial charge on any atom is -0.456 e. The molecule has 0 N–H and O–H groups in total. The highest BCUT2D eigenvalue weighted by Gasteiger charge is 2.35. The van der Waals surface area contributed by atoms with Crippen molar-refractivity contribution in [1.29, 1.82) is 0 Å². The third kappa shape index (κ3) is 6.76. The number of fused-ring (bicyclic) bond motifs is 7. The highest BCUT2D eigenvalue weighted by Crippen LogP contribution is 2.49. The lowest BCUT2D eigenvalue weighted by molar-refractivity contribution is 0.660. The first-order chi connectivity index (χ1) is 33.4. The smallest absolute Gasteiger partial charge is 0.164 e. The lowest BCUT2D eigenvalue weighted by Crippen LogP contribution is -2.14. The molecular weight excluding hydrogens is 831 g/mol. The minimum atomic E-state index is -0.0775. The van der Waals surface area contributed by atoms with Crippen LogP contribution in [0.25, 0.3) is 123 Å². The van der Waals surface area contributed by atoms with Crippen LogP contribution < -0.4 is 0 Å². The second kappa shape index (κ2) is 15.6. The van der Waals surface area contributed by atoms with E-state index in [1.807, 2.05) is 54.6 Å². The molecule has 1 aliphatic rings. The molecule has 0 spiro atoms. The van der Waals surface area contributed by atoms with Crippen LogP contribution in [-0.4, -0.2) is 24.9 Å². The maximum Gasteiger partial charge on any atom is 0.164 e. The van der Waals surface area contributed by atoms with Crippen LogP contribution in [0.4, 0.5) is 0 Å². The summed E-state index contributed by atoms with van der Waals surface area (Å²) < 4.78 is 6.47. The zero-order chi connectivity index (χ0) is 45.3. The molecule has 68 heavy (non-hydrogen) atoms. The van der Waals surface area contributed by atoms with E-state index >= 15 is 0 Å². The zero-order valence-corrected chi connectivity index (χ0v) is 37.4. The van der Waals surface area contributed by atoms with Crippen molar-refractivity contribution in [3.05, 3.63) is 223 Å². The molecule has 0 saturated heterocycles. The predicted molar refractivity (Wildman–Crippen MR) is 276 cm³/mol. The normalized spacial score (nSPS) is 12.7. The van der Waals surface area contributed by atoms with Crippen molar-refractivity contribution in [2.75, 3.05) is 0 Å². The van der Waals surface area contributed by atoms with E-state index in [9.17, 15) is 0 Å². The first kappa shape index (κ1) is 39.5. The molecule has 6 heteroatoms. The molecule has 0 bridgehead atoms. The quantitative estimate of drug-likeness (QED) is 0.159. The van der Waals surface area contributed by atoms with Crippen molar-refractivity contribution in [2.45, 2.75) is 19.3 Å². The molecular formula is C62H41N5O. The van der Waals surface area contributed by atoms with Gasteiger partial charge in [-0.25, -0.2) is 24.9 Å². The summed E-state index contributed by atoms with van der Waals surface area (Å²) in [5.74, 6) is 2.42. The molecule has 6 nitrogen and oxygen atoms in total. The first-order valence-electron chi connectivity index (χ1n) is 23.0. The van der Waals surface area contributed by atoms with Crippen molar-refractivity contribution in [2.24, 2.45) is 0 Å². The van der Waals surface area contributed by atoms with Gasteiger partial charge in [-0.2, -0.15) is 0 Å². The highest BCUT2D eigenvalue weighted by molar-refractivity contribution is 6.10. The maximum absolute atomic E-state index is 6.47. The van der Waals surface area contributed by atoms with Gasteiger partial charge in [0, 0.05) is 49.6 Å². The van der Waals surface area contributed by atoms with Gasteiger partial charge < -0.3 is 4.42 Å². The molecule has 13 rings (SSSR count). The topological polar surface area (TPSA) is 77.6 Å². The Hall–Kier alpha value is -8.87. The number of furan rings is 1. The average Bonchev–Trinajstić information content (AvgIpc) is 3.87. The summed E-state index contributed by atoms with van der Waals surface area (Å²) in [7, 11) is 0. The van der Waals surface area contributed by atoms with E-state index in [1.165, 1.54) is 27.6 Å². The molecule has 0 saturated carbocycles. The van der Waals surface area contributed by atoms with Crippen LogP contribution in [-0.2, 0) is 5.41 Å². The zero-order valence-electron chi connectivity index (χ0n) is 37.4. The summed E-state index contributed by atoms with van der Waals surface area (Å²) in [5, 5.41) is 4.46.